The van der Waals surface area contributed by atoms with Crippen molar-refractivity contribution in [2.45, 2.75) is 77.2 Å². The summed E-state index contributed by atoms with van der Waals surface area (Å²) in [4.78, 5) is 38.9. The molecule has 1 aromatic carbocycles. The summed E-state index contributed by atoms with van der Waals surface area (Å²) < 4.78 is 21.6. The van der Waals surface area contributed by atoms with Gasteiger partial charge in [-0.05, 0) is 82.6 Å². The van der Waals surface area contributed by atoms with Crippen LogP contribution in [0.4, 0.5) is 4.79 Å². The molecule has 2 saturated heterocycles. The quantitative estimate of drug-likeness (QED) is 0.263. The topological polar surface area (TPSA) is 125 Å². The molecule has 2 bridgehead atoms. The maximum Gasteiger partial charge on any atom is 0.407 e. The summed E-state index contributed by atoms with van der Waals surface area (Å²) in [6.45, 7) is 9.68. The average molecular weight is 656 g/mol. The highest BCUT2D eigenvalue weighted by Gasteiger charge is 2.50. The lowest BCUT2D eigenvalue weighted by molar-refractivity contribution is 0.0485. The molecule has 4 aromatic rings. The van der Waals surface area contributed by atoms with Gasteiger partial charge in [0.25, 0.3) is 5.91 Å². The second kappa shape index (κ2) is 11.7. The Bertz CT molecular complexity index is 1900. The summed E-state index contributed by atoms with van der Waals surface area (Å²) >= 11 is 0. The van der Waals surface area contributed by atoms with Crippen molar-refractivity contribution in [3.05, 3.63) is 35.9 Å². The van der Waals surface area contributed by atoms with Gasteiger partial charge in [0.1, 0.15) is 22.5 Å². The van der Waals surface area contributed by atoms with Gasteiger partial charge in [0.15, 0.2) is 5.82 Å². The van der Waals surface area contributed by atoms with Crippen molar-refractivity contribution in [2.24, 2.45) is 17.8 Å². The van der Waals surface area contributed by atoms with Gasteiger partial charge in [-0.25, -0.2) is 9.78 Å². The minimum atomic E-state index is -0.587. The molecule has 8 rings (SSSR count). The number of methoxy groups -OCH3 is 2. The molecule has 0 unspecified atom stereocenters. The first-order valence-electron chi connectivity index (χ1n) is 17.2. The molecule has 48 heavy (non-hydrogen) atoms. The van der Waals surface area contributed by atoms with E-state index in [1.807, 2.05) is 43.9 Å². The van der Waals surface area contributed by atoms with E-state index >= 15 is 0 Å². The number of amides is 2. The van der Waals surface area contributed by atoms with E-state index in [0.29, 0.717) is 35.6 Å². The molecule has 12 nitrogen and oxygen atoms in total. The minimum absolute atomic E-state index is 0.0724. The van der Waals surface area contributed by atoms with Crippen LogP contribution in [0.1, 0.15) is 56.8 Å². The van der Waals surface area contributed by atoms with E-state index in [4.69, 9.17) is 24.2 Å². The lowest BCUT2D eigenvalue weighted by atomic mass is 10.0. The molecule has 4 fully saturated rings. The number of hydrogen-bond acceptors (Lipinski definition) is 8. The van der Waals surface area contributed by atoms with E-state index in [2.05, 4.69) is 31.9 Å². The first-order chi connectivity index (χ1) is 23.1. The number of carbonyl (C=O) groups is 2. The van der Waals surface area contributed by atoms with Gasteiger partial charge >= 0.3 is 6.09 Å². The van der Waals surface area contributed by atoms with Crippen molar-refractivity contribution in [1.82, 2.24) is 34.6 Å². The highest BCUT2D eigenvalue weighted by molar-refractivity contribution is 6.00. The van der Waals surface area contributed by atoms with Gasteiger partial charge in [0.2, 0.25) is 5.88 Å². The maximum atomic E-state index is 14.2. The third-order valence-corrected chi connectivity index (χ3v) is 10.4. The fourth-order valence-corrected chi connectivity index (χ4v) is 7.83. The average Bonchev–Trinajstić information content (AvgIpc) is 3.35. The van der Waals surface area contributed by atoms with Crippen LogP contribution in [-0.4, -0.2) is 87.5 Å². The third kappa shape index (κ3) is 5.53. The Kier molecular flexibility index (Phi) is 7.54. The molecule has 2 amide bonds. The number of hydrogen-bond donors (Lipinski definition) is 2. The van der Waals surface area contributed by atoms with Crippen molar-refractivity contribution < 1.29 is 23.8 Å². The monoisotopic (exact) mass is 655 g/mol. The van der Waals surface area contributed by atoms with Gasteiger partial charge in [0.05, 0.1) is 37.5 Å². The fourth-order valence-electron chi connectivity index (χ4n) is 7.83. The first-order valence-corrected chi connectivity index (χ1v) is 17.2. The lowest BCUT2D eigenvalue weighted by Gasteiger charge is -2.29. The molecule has 3 atom stereocenters. The van der Waals surface area contributed by atoms with E-state index in [-0.39, 0.29) is 23.9 Å². The Morgan fingerprint density at radius 1 is 0.958 bits per heavy atom. The molecule has 254 valence electrons. The molecule has 4 aliphatic rings. The van der Waals surface area contributed by atoms with Crippen LogP contribution in [0.15, 0.2) is 30.3 Å². The van der Waals surface area contributed by atoms with Crippen molar-refractivity contribution in [3.63, 3.8) is 0 Å². The minimum Gasteiger partial charge on any atom is -0.494 e. The van der Waals surface area contributed by atoms with Crippen LogP contribution in [0.25, 0.3) is 33.6 Å². The number of benzene rings is 1. The second-order valence-corrected chi connectivity index (χ2v) is 15.0. The van der Waals surface area contributed by atoms with Crippen molar-refractivity contribution in [2.75, 3.05) is 33.9 Å². The number of rotatable bonds is 9. The number of nitrogens with zero attached hydrogens (tertiary/aromatic N) is 5. The number of pyridine rings is 1. The van der Waals surface area contributed by atoms with Crippen LogP contribution < -0.4 is 20.1 Å². The Balaban J connectivity index is 1.18. The number of piperidine rings is 1. The van der Waals surface area contributed by atoms with Crippen LogP contribution in [0, 0.1) is 17.8 Å². The summed E-state index contributed by atoms with van der Waals surface area (Å²) in [5.74, 6) is 3.25. The van der Waals surface area contributed by atoms with Crippen LogP contribution in [-0.2, 0) is 17.8 Å². The third-order valence-electron chi connectivity index (χ3n) is 10.4. The van der Waals surface area contributed by atoms with Crippen molar-refractivity contribution in [1.29, 1.82) is 0 Å². The predicted octanol–water partition coefficient (Wildman–Crippen LogP) is 4.83. The molecule has 2 N–H and O–H groups in total. The number of likely N-dealkylation sites (tertiary alicyclic amines) is 1. The number of carbonyl (C=O) groups excluding carboxylic acids is 2. The van der Waals surface area contributed by atoms with E-state index in [0.717, 1.165) is 72.6 Å². The zero-order valence-corrected chi connectivity index (χ0v) is 28.4. The summed E-state index contributed by atoms with van der Waals surface area (Å²) in [5.41, 5.74) is 3.45. The normalized spacial score (nSPS) is 22.4. The molecule has 12 heteroatoms. The summed E-state index contributed by atoms with van der Waals surface area (Å²) in [6.07, 6.45) is 3.79. The summed E-state index contributed by atoms with van der Waals surface area (Å²) in [5, 5.41) is 7.51. The number of fused-ring (bicyclic) bond motifs is 4. The van der Waals surface area contributed by atoms with Crippen molar-refractivity contribution in [3.8, 4) is 23.1 Å². The molecular formula is C36H45N7O5. The van der Waals surface area contributed by atoms with Crippen LogP contribution >= 0.6 is 0 Å². The second-order valence-electron chi connectivity index (χ2n) is 15.0. The molecule has 2 aliphatic carbocycles. The smallest absolute Gasteiger partial charge is 0.407 e. The fraction of sp³-hybridized carbons (Fsp3) is 0.556. The van der Waals surface area contributed by atoms with Gasteiger partial charge in [-0.15, -0.1) is 0 Å². The zero-order valence-electron chi connectivity index (χ0n) is 28.4. The first kappa shape index (κ1) is 31.0. The Labute approximate surface area is 280 Å². The molecule has 3 aromatic heterocycles. The highest BCUT2D eigenvalue weighted by atomic mass is 16.6. The van der Waals surface area contributed by atoms with Crippen molar-refractivity contribution >= 4 is 34.1 Å². The Hall–Kier alpha value is -4.32. The highest BCUT2D eigenvalue weighted by Crippen LogP contribution is 2.41. The number of alkyl carbamates (subject to hydrolysis) is 1. The number of ether oxygens (including phenoxy) is 3. The van der Waals surface area contributed by atoms with Gasteiger partial charge in [-0.1, -0.05) is 0 Å². The zero-order chi connectivity index (χ0) is 33.3. The molecule has 0 spiro atoms. The molecule has 2 saturated carbocycles. The van der Waals surface area contributed by atoms with Gasteiger partial charge < -0.3 is 38.9 Å². The standard InChI is InChI=1S/C36H45N7O5/c1-36(2,3)48-35(45)40-30-23-8-10-26(30)42(19-23)34(44)24-12-25-31(28(14-24)46-4)43(18-21-15-37-16-21)33(38-25)27-13-22-9-11-29(47-5)39-32(22)41(27)17-20-6-7-20/h9,11-14,20-21,23,26,30,37H,6-8,10,15-19H2,1-5H3,(H,40,45)/t23-,26-,30-/m1/s1. The van der Waals surface area contributed by atoms with Gasteiger partial charge in [0, 0.05) is 55.7 Å². The Morgan fingerprint density at radius 3 is 2.44 bits per heavy atom. The molecule has 2 aliphatic heterocycles. The van der Waals surface area contributed by atoms with Gasteiger partial charge in [-0.2, -0.15) is 4.98 Å². The van der Waals surface area contributed by atoms with Gasteiger partial charge in [-0.3, -0.25) is 4.79 Å². The largest absolute Gasteiger partial charge is 0.494 e. The summed E-state index contributed by atoms with van der Waals surface area (Å²) in [7, 11) is 3.30. The van der Waals surface area contributed by atoms with Crippen LogP contribution in [0.3, 0.4) is 0 Å². The van der Waals surface area contributed by atoms with E-state index in [1.54, 1.807) is 14.2 Å². The summed E-state index contributed by atoms with van der Waals surface area (Å²) in [6, 6.07) is 9.70. The van der Waals surface area contributed by atoms with E-state index in [9.17, 15) is 9.59 Å². The lowest BCUT2D eigenvalue weighted by Crippen LogP contribution is -2.46. The Morgan fingerprint density at radius 2 is 1.75 bits per heavy atom. The number of imidazole rings is 1. The molecule has 5 heterocycles. The molecular weight excluding hydrogens is 610 g/mol. The van der Waals surface area contributed by atoms with Crippen LogP contribution in [0.5, 0.6) is 11.6 Å². The number of aromatic nitrogens is 4. The van der Waals surface area contributed by atoms with E-state index < -0.39 is 11.7 Å². The van der Waals surface area contributed by atoms with E-state index in [1.165, 1.54) is 12.8 Å². The number of nitrogens with one attached hydrogen (secondary N) is 2. The van der Waals surface area contributed by atoms with Crippen LogP contribution in [0.2, 0.25) is 0 Å². The predicted molar refractivity (Wildman–Crippen MR) is 181 cm³/mol. The molecule has 0 radical (unpaired) electrons. The SMILES string of the molecule is COc1ccc2cc(-c3nc4cc(C(=O)N5C[C@H]6CC[C@@H]5[C@@H]6NC(=O)OC(C)(C)C)cc(OC)c4n3CC3CNC3)n(CC3CC3)c2n1. The maximum absolute atomic E-state index is 14.2.